The summed E-state index contributed by atoms with van der Waals surface area (Å²) in [5.74, 6) is -1.55. The van der Waals surface area contributed by atoms with Crippen LogP contribution in [0.5, 0.6) is 6.01 Å². The Morgan fingerprint density at radius 2 is 1.79 bits per heavy atom. The van der Waals surface area contributed by atoms with Crippen LogP contribution in [0.3, 0.4) is 0 Å². The normalized spacial score (nSPS) is 19.2. The van der Waals surface area contributed by atoms with Crippen LogP contribution in [0.1, 0.15) is 30.1 Å². The molecule has 0 radical (unpaired) electrons. The standard InChI is InChI=1S/C32H37F2N9O4/c1-20-28(22-17-35-32(36-18-22)46-24-9-11-41(2)12-10-24)40-43(23-7-5-4-6-8-23)30(20)39-31(44)37-25-19-42(13-14-45-3)47-29(25)21-15-26(33)38-27(34)16-21/h4-8,15-18,24-25,29H,9-14,19H2,1-3H3,(H2,37,39,44)/t25-,29+/m1/s1. The van der Waals surface area contributed by atoms with E-state index in [4.69, 9.17) is 19.4 Å². The Labute approximate surface area is 270 Å². The fourth-order valence-electron chi connectivity index (χ4n) is 5.73. The zero-order valence-electron chi connectivity index (χ0n) is 26.4. The third-order valence-corrected chi connectivity index (χ3v) is 8.20. The van der Waals surface area contributed by atoms with Gasteiger partial charge in [-0.3, -0.25) is 10.2 Å². The van der Waals surface area contributed by atoms with E-state index in [-0.39, 0.29) is 18.2 Å². The van der Waals surface area contributed by atoms with E-state index in [1.165, 1.54) is 0 Å². The third kappa shape index (κ3) is 7.71. The number of hydrogen-bond acceptors (Lipinski definition) is 10. The first-order valence-corrected chi connectivity index (χ1v) is 15.4. The van der Waals surface area contributed by atoms with E-state index in [9.17, 15) is 13.6 Å². The number of rotatable bonds is 10. The van der Waals surface area contributed by atoms with Gasteiger partial charge in [-0.1, -0.05) is 18.2 Å². The molecule has 2 N–H and O–H groups in total. The largest absolute Gasteiger partial charge is 0.460 e. The molecule has 1 aromatic carbocycles. The first kappa shape index (κ1) is 32.4. The van der Waals surface area contributed by atoms with Crippen LogP contribution in [-0.4, -0.2) is 99.8 Å². The van der Waals surface area contributed by atoms with Crippen molar-refractivity contribution in [1.82, 2.24) is 40.0 Å². The number of aromatic nitrogens is 5. The van der Waals surface area contributed by atoms with Crippen molar-refractivity contribution in [3.05, 3.63) is 77.9 Å². The van der Waals surface area contributed by atoms with E-state index in [1.807, 2.05) is 37.3 Å². The molecule has 2 aliphatic rings. The topological polar surface area (TPSA) is 132 Å². The predicted octanol–water partition coefficient (Wildman–Crippen LogP) is 3.91. The van der Waals surface area contributed by atoms with Gasteiger partial charge in [0.25, 0.3) is 0 Å². The molecule has 13 nitrogen and oxygen atoms in total. The number of nitrogens with one attached hydrogen (secondary N) is 2. The highest BCUT2D eigenvalue weighted by Gasteiger charge is 2.37. The molecule has 3 aromatic heterocycles. The van der Waals surface area contributed by atoms with Crippen molar-refractivity contribution >= 4 is 11.8 Å². The number of likely N-dealkylation sites (tertiary alicyclic amines) is 1. The molecule has 6 rings (SSSR count). The Bertz CT molecular complexity index is 1650. The molecule has 0 saturated carbocycles. The van der Waals surface area contributed by atoms with Crippen molar-refractivity contribution in [1.29, 1.82) is 0 Å². The minimum absolute atomic E-state index is 0.0684. The Morgan fingerprint density at radius 1 is 1.09 bits per heavy atom. The van der Waals surface area contributed by atoms with E-state index >= 15 is 0 Å². The summed E-state index contributed by atoms with van der Waals surface area (Å²) in [6, 6.07) is 10.6. The molecule has 2 fully saturated rings. The number of carbonyl (C=O) groups excluding carboxylic acids is 1. The Balaban J connectivity index is 1.23. The Hall–Kier alpha value is -4.57. The molecule has 0 spiro atoms. The average molecular weight is 650 g/mol. The number of nitrogens with zero attached hydrogens (tertiary/aromatic N) is 7. The number of ether oxygens (including phenoxy) is 2. The molecule has 15 heteroatoms. The predicted molar refractivity (Wildman–Crippen MR) is 168 cm³/mol. The molecule has 47 heavy (non-hydrogen) atoms. The van der Waals surface area contributed by atoms with Crippen LogP contribution in [0.4, 0.5) is 19.4 Å². The molecule has 2 amide bonds. The number of para-hydroxylation sites is 1. The van der Waals surface area contributed by atoms with Gasteiger partial charge in [0.05, 0.1) is 18.3 Å². The summed E-state index contributed by atoms with van der Waals surface area (Å²) in [4.78, 5) is 33.9. The van der Waals surface area contributed by atoms with E-state index < -0.39 is 30.1 Å². The van der Waals surface area contributed by atoms with Gasteiger partial charge in [-0.25, -0.2) is 19.4 Å². The Morgan fingerprint density at radius 3 is 2.47 bits per heavy atom. The van der Waals surface area contributed by atoms with Crippen LogP contribution < -0.4 is 15.4 Å². The second kappa shape index (κ2) is 14.5. The second-order valence-corrected chi connectivity index (χ2v) is 11.6. The monoisotopic (exact) mass is 649 g/mol. The quantitative estimate of drug-likeness (QED) is 0.244. The minimum Gasteiger partial charge on any atom is -0.460 e. The lowest BCUT2D eigenvalue weighted by molar-refractivity contribution is -0.154. The van der Waals surface area contributed by atoms with Crippen molar-refractivity contribution < 1.29 is 27.9 Å². The van der Waals surface area contributed by atoms with Gasteiger partial charge in [0, 0.05) is 56.8 Å². The highest BCUT2D eigenvalue weighted by Crippen LogP contribution is 2.32. The Kier molecular flexibility index (Phi) is 9.96. The van der Waals surface area contributed by atoms with Gasteiger partial charge < -0.3 is 19.7 Å². The number of carbonyl (C=O) groups is 1. The van der Waals surface area contributed by atoms with Gasteiger partial charge in [-0.15, -0.1) is 0 Å². The summed E-state index contributed by atoms with van der Waals surface area (Å²) >= 11 is 0. The van der Waals surface area contributed by atoms with Crippen molar-refractivity contribution in [3.63, 3.8) is 0 Å². The molecule has 2 saturated heterocycles. The number of hydroxylamine groups is 2. The van der Waals surface area contributed by atoms with Crippen LogP contribution in [0.15, 0.2) is 54.9 Å². The van der Waals surface area contributed by atoms with Crippen molar-refractivity contribution in [2.75, 3.05) is 52.3 Å². The van der Waals surface area contributed by atoms with Crippen LogP contribution in [0.25, 0.3) is 16.9 Å². The lowest BCUT2D eigenvalue weighted by atomic mass is 10.0. The lowest BCUT2D eigenvalue weighted by Gasteiger charge is -2.28. The maximum Gasteiger partial charge on any atom is 0.320 e. The van der Waals surface area contributed by atoms with Crippen LogP contribution >= 0.6 is 0 Å². The molecular formula is C32H37F2N9O4. The van der Waals surface area contributed by atoms with Crippen LogP contribution in [-0.2, 0) is 9.57 Å². The molecular weight excluding hydrogens is 612 g/mol. The molecule has 248 valence electrons. The number of anilines is 1. The van der Waals surface area contributed by atoms with Crippen molar-refractivity contribution in [2.45, 2.75) is 38.0 Å². The summed E-state index contributed by atoms with van der Waals surface area (Å²) in [6.45, 7) is 4.76. The summed E-state index contributed by atoms with van der Waals surface area (Å²) in [7, 11) is 3.65. The van der Waals surface area contributed by atoms with E-state index in [1.54, 1.807) is 29.2 Å². The first-order chi connectivity index (χ1) is 22.8. The third-order valence-electron chi connectivity index (χ3n) is 8.20. The van der Waals surface area contributed by atoms with Gasteiger partial charge in [0.1, 0.15) is 23.7 Å². The fraction of sp³-hybridized carbons (Fsp3) is 0.406. The zero-order valence-corrected chi connectivity index (χ0v) is 26.4. The fourth-order valence-corrected chi connectivity index (χ4v) is 5.73. The average Bonchev–Trinajstić information content (AvgIpc) is 3.61. The lowest BCUT2D eigenvalue weighted by Crippen LogP contribution is -2.42. The highest BCUT2D eigenvalue weighted by atomic mass is 19.1. The van der Waals surface area contributed by atoms with Gasteiger partial charge in [0.15, 0.2) is 0 Å². The number of hydrogen-bond donors (Lipinski definition) is 2. The second-order valence-electron chi connectivity index (χ2n) is 11.6. The SMILES string of the molecule is COCCN1C[C@@H](NC(=O)Nc2c(C)c(-c3cnc(OC4CCN(C)CC4)nc3)nn2-c2ccccc2)[C@H](c2cc(F)nc(F)c2)O1. The number of methoxy groups -OCH3 is 1. The van der Waals surface area contributed by atoms with Crippen molar-refractivity contribution in [3.8, 4) is 23.0 Å². The molecule has 4 aromatic rings. The summed E-state index contributed by atoms with van der Waals surface area (Å²) in [5, 5.41) is 12.3. The van der Waals surface area contributed by atoms with Gasteiger partial charge in [-0.05, 0) is 56.6 Å². The summed E-state index contributed by atoms with van der Waals surface area (Å²) in [6.07, 6.45) is 4.34. The van der Waals surface area contributed by atoms with E-state index in [0.29, 0.717) is 41.8 Å². The van der Waals surface area contributed by atoms with E-state index in [2.05, 4.69) is 37.5 Å². The summed E-state index contributed by atoms with van der Waals surface area (Å²) in [5.41, 5.74) is 2.82. The number of halogens is 2. The van der Waals surface area contributed by atoms with Crippen molar-refractivity contribution in [2.24, 2.45) is 0 Å². The molecule has 0 bridgehead atoms. The maximum absolute atomic E-state index is 14.0. The summed E-state index contributed by atoms with van der Waals surface area (Å²) < 4.78 is 40.8. The number of pyridine rings is 1. The van der Waals surface area contributed by atoms with E-state index in [0.717, 1.165) is 43.8 Å². The molecule has 2 atom stereocenters. The maximum atomic E-state index is 14.0. The molecule has 2 aliphatic heterocycles. The van der Waals surface area contributed by atoms with Crippen LogP contribution in [0.2, 0.25) is 0 Å². The number of amides is 2. The van der Waals surface area contributed by atoms with Crippen LogP contribution in [0, 0.1) is 18.8 Å². The number of benzene rings is 1. The van der Waals surface area contributed by atoms with Gasteiger partial charge in [-0.2, -0.15) is 23.9 Å². The molecule has 0 aliphatic carbocycles. The first-order valence-electron chi connectivity index (χ1n) is 15.4. The minimum atomic E-state index is -0.984. The van der Waals surface area contributed by atoms with Gasteiger partial charge in [0.2, 0.25) is 11.9 Å². The molecule has 5 heterocycles. The highest BCUT2D eigenvalue weighted by molar-refractivity contribution is 5.91. The molecule has 0 unspecified atom stereocenters. The number of piperidine rings is 1. The smallest absolute Gasteiger partial charge is 0.320 e. The number of urea groups is 1. The zero-order chi connectivity index (χ0) is 32.9. The van der Waals surface area contributed by atoms with Gasteiger partial charge >= 0.3 is 12.0 Å².